The maximum Gasteiger partial charge on any atom is 0.342 e. The van der Waals surface area contributed by atoms with Crippen LogP contribution in [0, 0.1) is 0 Å². The average Bonchev–Trinajstić information content (AvgIpc) is 3.24. The van der Waals surface area contributed by atoms with Gasteiger partial charge in [-0.05, 0) is 17.7 Å². The minimum atomic E-state index is -3.61. The lowest BCUT2D eigenvalue weighted by atomic mass is 9.88. The maximum atomic E-state index is 14.6. The Morgan fingerprint density at radius 3 is 2.13 bits per heavy atom. The number of nitrogens with zero attached hydrogens (tertiary/aromatic N) is 1. The predicted octanol–water partition coefficient (Wildman–Crippen LogP) is 2.10. The molecule has 3 rings (SSSR count). The molecule has 2 unspecified atom stereocenters. The van der Waals surface area contributed by atoms with Gasteiger partial charge < -0.3 is 9.47 Å². The quantitative estimate of drug-likeness (QED) is 0.478. The zero-order chi connectivity index (χ0) is 17.0. The van der Waals surface area contributed by atoms with Crippen molar-refractivity contribution in [2.45, 2.75) is 11.6 Å². The molecule has 0 radical (unpaired) electrons. The second-order valence-corrected chi connectivity index (χ2v) is 5.66. The monoisotopic (exact) mass is 343 g/mol. The standard InChI is InChI=1S/C15H12ClF2NO4/c1-22-12(20)10-11(13(21)23-2)15(17,18)19-7-14(10,19)8-3-5-9(16)6-4-8/h3-6H,7H2,1-2H3. The molecule has 2 aliphatic heterocycles. The van der Waals surface area contributed by atoms with Crippen molar-refractivity contribution in [1.29, 1.82) is 0 Å². The Bertz CT molecular complexity index is 731. The number of rotatable bonds is 3. The fourth-order valence-electron chi connectivity index (χ4n) is 3.06. The third kappa shape index (κ3) is 2.00. The minimum absolute atomic E-state index is 0.105. The highest BCUT2D eigenvalue weighted by Gasteiger charge is 2.76. The molecule has 2 aliphatic rings. The van der Waals surface area contributed by atoms with Gasteiger partial charge in [-0.25, -0.2) is 14.5 Å². The van der Waals surface area contributed by atoms with E-state index in [1.165, 1.54) is 12.1 Å². The van der Waals surface area contributed by atoms with Gasteiger partial charge in [0.2, 0.25) is 0 Å². The zero-order valence-corrected chi connectivity index (χ0v) is 13.0. The lowest BCUT2D eigenvalue weighted by Gasteiger charge is -2.15. The molecule has 23 heavy (non-hydrogen) atoms. The molecule has 0 aromatic heterocycles. The van der Waals surface area contributed by atoms with Crippen LogP contribution < -0.4 is 0 Å². The van der Waals surface area contributed by atoms with Crippen LogP contribution in [-0.2, 0) is 24.6 Å². The van der Waals surface area contributed by atoms with Crippen molar-refractivity contribution in [3.8, 4) is 0 Å². The summed E-state index contributed by atoms with van der Waals surface area (Å²) in [6.45, 7) is -0.105. The van der Waals surface area contributed by atoms with E-state index < -0.39 is 29.1 Å². The Labute approximate surface area is 135 Å². The summed E-state index contributed by atoms with van der Waals surface area (Å²) in [5, 5.41) is 0.430. The number of fused-ring (bicyclic) bond motifs is 1. The van der Waals surface area contributed by atoms with Gasteiger partial charge >= 0.3 is 18.0 Å². The fraction of sp³-hybridized carbons (Fsp3) is 0.333. The van der Waals surface area contributed by atoms with E-state index in [1.54, 1.807) is 12.1 Å². The molecule has 1 saturated heterocycles. The van der Waals surface area contributed by atoms with Crippen LogP contribution in [-0.4, -0.2) is 43.6 Å². The molecule has 1 aromatic rings. The molecule has 1 aromatic carbocycles. The van der Waals surface area contributed by atoms with Crippen molar-refractivity contribution < 1.29 is 27.8 Å². The number of hydrogen-bond donors (Lipinski definition) is 0. The molecule has 5 nitrogen and oxygen atoms in total. The molecule has 0 spiro atoms. The Kier molecular flexibility index (Phi) is 3.46. The van der Waals surface area contributed by atoms with E-state index >= 15 is 0 Å². The van der Waals surface area contributed by atoms with E-state index in [4.69, 9.17) is 11.6 Å². The molecule has 2 heterocycles. The fourth-order valence-corrected chi connectivity index (χ4v) is 3.18. The third-order valence-electron chi connectivity index (χ3n) is 4.15. The van der Waals surface area contributed by atoms with Crippen LogP contribution in [0.25, 0.3) is 0 Å². The van der Waals surface area contributed by atoms with Crippen LogP contribution in [0.2, 0.25) is 5.02 Å². The van der Waals surface area contributed by atoms with E-state index in [9.17, 15) is 18.4 Å². The maximum absolute atomic E-state index is 14.6. The van der Waals surface area contributed by atoms with Crippen molar-refractivity contribution in [2.75, 3.05) is 20.8 Å². The number of halogens is 3. The lowest BCUT2D eigenvalue weighted by Crippen LogP contribution is -2.32. The van der Waals surface area contributed by atoms with Crippen molar-refractivity contribution >= 4 is 23.5 Å². The van der Waals surface area contributed by atoms with Gasteiger partial charge in [0, 0.05) is 11.6 Å². The second kappa shape index (κ2) is 5.01. The van der Waals surface area contributed by atoms with Crippen LogP contribution in [0.4, 0.5) is 8.78 Å². The van der Waals surface area contributed by atoms with Crippen LogP contribution in [0.1, 0.15) is 5.56 Å². The van der Waals surface area contributed by atoms with Crippen molar-refractivity contribution in [3.63, 3.8) is 0 Å². The van der Waals surface area contributed by atoms with Crippen molar-refractivity contribution in [1.82, 2.24) is 4.90 Å². The third-order valence-corrected chi connectivity index (χ3v) is 4.40. The van der Waals surface area contributed by atoms with Gasteiger partial charge in [0.15, 0.2) is 0 Å². The summed E-state index contributed by atoms with van der Waals surface area (Å²) in [6, 6.07) is 2.54. The van der Waals surface area contributed by atoms with Crippen LogP contribution in [0.15, 0.2) is 35.4 Å². The van der Waals surface area contributed by atoms with Crippen LogP contribution in [0.3, 0.4) is 0 Å². The summed E-state index contributed by atoms with van der Waals surface area (Å²) >= 11 is 5.82. The van der Waals surface area contributed by atoms with E-state index in [2.05, 4.69) is 9.47 Å². The Morgan fingerprint density at radius 1 is 1.09 bits per heavy atom. The largest absolute Gasteiger partial charge is 0.466 e. The molecular weight excluding hydrogens is 332 g/mol. The van der Waals surface area contributed by atoms with Crippen molar-refractivity contribution in [2.24, 2.45) is 0 Å². The highest BCUT2D eigenvalue weighted by molar-refractivity contribution is 6.30. The first-order valence-electron chi connectivity index (χ1n) is 6.64. The first kappa shape index (κ1) is 15.9. The number of carbonyl (C=O) groups excluding carboxylic acids is 2. The zero-order valence-electron chi connectivity index (χ0n) is 12.2. The van der Waals surface area contributed by atoms with Gasteiger partial charge in [-0.15, -0.1) is 0 Å². The Morgan fingerprint density at radius 2 is 1.61 bits per heavy atom. The Balaban J connectivity index is 2.23. The lowest BCUT2D eigenvalue weighted by molar-refractivity contribution is -0.144. The minimum Gasteiger partial charge on any atom is -0.466 e. The normalized spacial score (nSPS) is 27.4. The van der Waals surface area contributed by atoms with Gasteiger partial charge in [0.1, 0.15) is 5.57 Å². The summed E-state index contributed by atoms with van der Waals surface area (Å²) in [4.78, 5) is 24.7. The summed E-state index contributed by atoms with van der Waals surface area (Å²) < 4.78 is 38.2. The molecule has 0 amide bonds. The number of esters is 2. The molecule has 2 atom stereocenters. The first-order valence-corrected chi connectivity index (χ1v) is 7.02. The topological polar surface area (TPSA) is 55.6 Å². The smallest absolute Gasteiger partial charge is 0.342 e. The van der Waals surface area contributed by atoms with E-state index in [0.29, 0.717) is 10.6 Å². The number of carbonyl (C=O) groups is 2. The van der Waals surface area contributed by atoms with Gasteiger partial charge in [0.25, 0.3) is 0 Å². The van der Waals surface area contributed by atoms with Crippen LogP contribution >= 0.6 is 11.6 Å². The number of benzene rings is 1. The second-order valence-electron chi connectivity index (χ2n) is 5.23. The van der Waals surface area contributed by atoms with Gasteiger partial charge in [0.05, 0.1) is 25.3 Å². The van der Waals surface area contributed by atoms with Gasteiger partial charge in [-0.2, -0.15) is 8.78 Å². The summed E-state index contributed by atoms with van der Waals surface area (Å²) in [6.07, 6.45) is 0. The summed E-state index contributed by atoms with van der Waals surface area (Å²) in [7, 11) is 2.05. The van der Waals surface area contributed by atoms with Gasteiger partial charge in [-0.3, -0.25) is 0 Å². The molecule has 8 heteroatoms. The highest BCUT2D eigenvalue weighted by Crippen LogP contribution is 2.63. The molecule has 122 valence electrons. The highest BCUT2D eigenvalue weighted by atomic mass is 35.5. The number of ether oxygens (including phenoxy) is 2. The molecule has 0 N–H and O–H groups in total. The van der Waals surface area contributed by atoms with Crippen molar-refractivity contribution in [3.05, 3.63) is 46.0 Å². The molecule has 1 fully saturated rings. The summed E-state index contributed by atoms with van der Waals surface area (Å²) in [5.41, 5.74) is -2.34. The number of hydrogen-bond acceptors (Lipinski definition) is 5. The molecular formula is C15H12ClF2NO4. The molecule has 0 bridgehead atoms. The predicted molar refractivity (Wildman–Crippen MR) is 75.8 cm³/mol. The van der Waals surface area contributed by atoms with E-state index in [1.807, 2.05) is 0 Å². The van der Waals surface area contributed by atoms with Gasteiger partial charge in [-0.1, -0.05) is 23.7 Å². The molecule has 0 saturated carbocycles. The summed E-state index contributed by atoms with van der Waals surface area (Å²) in [5.74, 6) is -2.24. The molecule has 0 aliphatic carbocycles. The Hall–Kier alpha value is -1.99. The number of methoxy groups -OCH3 is 2. The number of alkyl halides is 2. The first-order chi connectivity index (χ1) is 10.8. The average molecular weight is 344 g/mol. The SMILES string of the molecule is COC(=O)C1=C(C(=O)OC)C2(c3ccc(Cl)cc3)CN2C1(F)F. The van der Waals surface area contributed by atoms with E-state index in [0.717, 1.165) is 19.1 Å². The van der Waals surface area contributed by atoms with E-state index in [-0.39, 0.29) is 12.1 Å². The van der Waals surface area contributed by atoms with Crippen LogP contribution in [0.5, 0.6) is 0 Å².